The number of aryl methyl sites for hydroxylation is 1. The van der Waals surface area contributed by atoms with Crippen LogP contribution in [0.15, 0.2) is 36.7 Å². The molecule has 2 atom stereocenters. The number of rotatable bonds is 7. The summed E-state index contributed by atoms with van der Waals surface area (Å²) in [5.41, 5.74) is 3.23. The second-order valence-corrected chi connectivity index (χ2v) is 8.39. The molecule has 0 radical (unpaired) electrons. The summed E-state index contributed by atoms with van der Waals surface area (Å²) in [4.78, 5) is 17.7. The molecule has 0 bridgehead atoms. The van der Waals surface area contributed by atoms with Gasteiger partial charge in [-0.05, 0) is 43.4 Å². The molecule has 2 heterocycles. The fourth-order valence-electron chi connectivity index (χ4n) is 4.38. The minimum atomic E-state index is -0.138. The summed E-state index contributed by atoms with van der Waals surface area (Å²) in [5, 5.41) is 12.1. The number of nitrogens with one attached hydrogen (secondary N) is 2. The Kier molecular flexibility index (Phi) is 6.39. The van der Waals surface area contributed by atoms with Crippen LogP contribution in [-0.4, -0.2) is 33.8 Å². The predicted molar refractivity (Wildman–Crippen MR) is 122 cm³/mol. The molecule has 7 nitrogen and oxygen atoms in total. The van der Waals surface area contributed by atoms with Gasteiger partial charge in [0.25, 0.3) is 5.91 Å². The molecule has 4 rings (SSSR count). The van der Waals surface area contributed by atoms with Gasteiger partial charge in [0.2, 0.25) is 0 Å². The maximum atomic E-state index is 13.1. The van der Waals surface area contributed by atoms with Gasteiger partial charge >= 0.3 is 0 Å². The van der Waals surface area contributed by atoms with Crippen molar-refractivity contribution in [2.45, 2.75) is 58.7 Å². The second-order valence-electron chi connectivity index (χ2n) is 8.39. The highest BCUT2D eigenvalue weighted by Gasteiger charge is 2.23. The molecule has 1 aliphatic carbocycles. The van der Waals surface area contributed by atoms with Gasteiger partial charge in [-0.15, -0.1) is 0 Å². The van der Waals surface area contributed by atoms with Crippen LogP contribution in [0.4, 0.5) is 5.69 Å². The molecule has 1 aliphatic rings. The lowest BCUT2D eigenvalue weighted by molar-refractivity contribution is 0.0951. The number of pyridine rings is 1. The van der Waals surface area contributed by atoms with E-state index in [0.29, 0.717) is 24.1 Å². The first kappa shape index (κ1) is 21.2. The van der Waals surface area contributed by atoms with Crippen LogP contribution in [0.3, 0.4) is 0 Å². The molecule has 0 spiro atoms. The minimum Gasteiger partial charge on any atom is -0.497 e. The number of hydrogen-bond donors (Lipinski definition) is 2. The highest BCUT2D eigenvalue weighted by atomic mass is 16.5. The van der Waals surface area contributed by atoms with Crippen LogP contribution in [0.5, 0.6) is 5.75 Å². The van der Waals surface area contributed by atoms with Crippen LogP contribution in [-0.2, 0) is 13.1 Å². The van der Waals surface area contributed by atoms with Gasteiger partial charge in [0.05, 0.1) is 29.9 Å². The van der Waals surface area contributed by atoms with Crippen molar-refractivity contribution in [2.75, 3.05) is 12.4 Å². The Morgan fingerprint density at radius 3 is 2.74 bits per heavy atom. The number of nitrogens with zero attached hydrogens (tertiary/aromatic N) is 3. The van der Waals surface area contributed by atoms with Crippen LogP contribution in [0, 0.1) is 5.92 Å². The van der Waals surface area contributed by atoms with Crippen molar-refractivity contribution >= 4 is 22.6 Å². The van der Waals surface area contributed by atoms with E-state index in [2.05, 4.69) is 27.6 Å². The Balaban J connectivity index is 1.59. The lowest BCUT2D eigenvalue weighted by Crippen LogP contribution is -2.29. The normalized spacial score (nSPS) is 18.7. The predicted octanol–water partition coefficient (Wildman–Crippen LogP) is 4.38. The molecule has 31 heavy (non-hydrogen) atoms. The van der Waals surface area contributed by atoms with Crippen molar-refractivity contribution in [3.63, 3.8) is 0 Å². The largest absolute Gasteiger partial charge is 0.497 e. The van der Waals surface area contributed by atoms with E-state index in [0.717, 1.165) is 47.4 Å². The first-order valence-electron chi connectivity index (χ1n) is 11.1. The summed E-state index contributed by atoms with van der Waals surface area (Å²) in [7, 11) is 1.64. The molecular formula is C24H31N5O2. The van der Waals surface area contributed by atoms with E-state index in [-0.39, 0.29) is 5.91 Å². The number of fused-ring (bicyclic) bond motifs is 1. The smallest absolute Gasteiger partial charge is 0.255 e. The van der Waals surface area contributed by atoms with Gasteiger partial charge in [0.1, 0.15) is 5.75 Å². The molecule has 1 fully saturated rings. The lowest BCUT2D eigenvalue weighted by atomic mass is 9.87. The number of amides is 1. The van der Waals surface area contributed by atoms with E-state index in [9.17, 15) is 4.79 Å². The Bertz CT molecular complexity index is 1040. The topological polar surface area (TPSA) is 81.1 Å². The summed E-state index contributed by atoms with van der Waals surface area (Å²) >= 11 is 0. The Morgan fingerprint density at radius 2 is 2.03 bits per heavy atom. The average molecular weight is 422 g/mol. The van der Waals surface area contributed by atoms with Crippen molar-refractivity contribution in [3.05, 3.63) is 47.8 Å². The Labute approximate surface area is 183 Å². The fourth-order valence-corrected chi connectivity index (χ4v) is 4.38. The molecule has 2 N–H and O–H groups in total. The third-order valence-electron chi connectivity index (χ3n) is 6.11. The van der Waals surface area contributed by atoms with Crippen molar-refractivity contribution in [2.24, 2.45) is 5.92 Å². The van der Waals surface area contributed by atoms with Gasteiger partial charge in [-0.2, -0.15) is 5.10 Å². The fraction of sp³-hybridized carbons (Fsp3) is 0.458. The van der Waals surface area contributed by atoms with E-state index in [1.165, 1.54) is 12.8 Å². The van der Waals surface area contributed by atoms with Gasteiger partial charge in [0.15, 0.2) is 5.65 Å². The van der Waals surface area contributed by atoms with Gasteiger partial charge < -0.3 is 15.4 Å². The zero-order valence-corrected chi connectivity index (χ0v) is 18.5. The van der Waals surface area contributed by atoms with Crippen molar-refractivity contribution in [1.82, 2.24) is 20.1 Å². The third-order valence-corrected chi connectivity index (χ3v) is 6.11. The number of methoxy groups -OCH3 is 1. The van der Waals surface area contributed by atoms with E-state index < -0.39 is 0 Å². The Morgan fingerprint density at radius 1 is 1.23 bits per heavy atom. The number of carbonyl (C=O) groups is 1. The van der Waals surface area contributed by atoms with Crippen LogP contribution in [0.25, 0.3) is 11.0 Å². The minimum absolute atomic E-state index is 0.138. The summed E-state index contributed by atoms with van der Waals surface area (Å²) in [6.07, 6.45) is 8.20. The average Bonchev–Trinajstić information content (AvgIpc) is 3.22. The molecule has 3 aromatic rings. The maximum Gasteiger partial charge on any atom is 0.255 e. The van der Waals surface area contributed by atoms with Gasteiger partial charge in [-0.25, -0.2) is 9.67 Å². The van der Waals surface area contributed by atoms with E-state index >= 15 is 0 Å². The molecule has 0 aliphatic heterocycles. The quantitative estimate of drug-likeness (QED) is 0.592. The SMILES string of the molecule is CCn1ncc2c(NC3CCCC(C)C3)c(C(=O)NCc3ccc(OC)cc3)cnc21. The van der Waals surface area contributed by atoms with Crippen LogP contribution >= 0.6 is 0 Å². The molecule has 2 unspecified atom stereocenters. The third kappa shape index (κ3) is 4.65. The highest BCUT2D eigenvalue weighted by molar-refractivity contribution is 6.06. The van der Waals surface area contributed by atoms with E-state index in [1.807, 2.05) is 42.1 Å². The number of hydrogen-bond acceptors (Lipinski definition) is 5. The van der Waals surface area contributed by atoms with Crippen LogP contribution < -0.4 is 15.4 Å². The number of aromatic nitrogens is 3. The van der Waals surface area contributed by atoms with Crippen molar-refractivity contribution < 1.29 is 9.53 Å². The van der Waals surface area contributed by atoms with Crippen LogP contribution in [0.2, 0.25) is 0 Å². The summed E-state index contributed by atoms with van der Waals surface area (Å²) in [6.45, 7) is 5.52. The van der Waals surface area contributed by atoms with E-state index in [4.69, 9.17) is 4.74 Å². The van der Waals surface area contributed by atoms with Crippen LogP contribution in [0.1, 0.15) is 55.5 Å². The zero-order valence-electron chi connectivity index (χ0n) is 18.5. The lowest BCUT2D eigenvalue weighted by Gasteiger charge is -2.29. The molecule has 1 aromatic carbocycles. The summed E-state index contributed by atoms with van der Waals surface area (Å²) in [5.74, 6) is 1.35. The summed E-state index contributed by atoms with van der Waals surface area (Å²) < 4.78 is 7.06. The molecule has 164 valence electrons. The van der Waals surface area contributed by atoms with Gasteiger partial charge in [-0.3, -0.25) is 4.79 Å². The standard InChI is InChI=1S/C24H31N5O2/c1-4-29-23-20(15-27-29)22(28-18-7-5-6-16(2)12-18)21(14-25-23)24(30)26-13-17-8-10-19(31-3)11-9-17/h8-11,14-16,18H,4-7,12-13H2,1-3H3,(H,25,28)(H,26,30). The molecule has 2 aromatic heterocycles. The van der Waals surface area contributed by atoms with E-state index in [1.54, 1.807) is 13.3 Å². The van der Waals surface area contributed by atoms with Crippen molar-refractivity contribution in [3.8, 4) is 5.75 Å². The molecule has 0 saturated heterocycles. The molecule has 1 saturated carbocycles. The van der Waals surface area contributed by atoms with Gasteiger partial charge in [0, 0.05) is 25.3 Å². The monoisotopic (exact) mass is 421 g/mol. The summed E-state index contributed by atoms with van der Waals surface area (Å²) in [6, 6.07) is 8.05. The number of benzene rings is 1. The molecule has 1 amide bonds. The first-order valence-corrected chi connectivity index (χ1v) is 11.1. The number of anilines is 1. The van der Waals surface area contributed by atoms with Crippen molar-refractivity contribution in [1.29, 1.82) is 0 Å². The number of ether oxygens (including phenoxy) is 1. The second kappa shape index (κ2) is 9.37. The highest BCUT2D eigenvalue weighted by Crippen LogP contribution is 2.31. The Hall–Kier alpha value is -3.09. The number of carbonyl (C=O) groups excluding carboxylic acids is 1. The maximum absolute atomic E-state index is 13.1. The molecule has 7 heteroatoms. The zero-order chi connectivity index (χ0) is 21.8. The first-order chi connectivity index (χ1) is 15.1. The van der Waals surface area contributed by atoms with Gasteiger partial charge in [-0.1, -0.05) is 31.9 Å². The molecular weight excluding hydrogens is 390 g/mol.